The van der Waals surface area contributed by atoms with Gasteiger partial charge in [-0.05, 0) is 46.0 Å². The first-order valence-corrected chi connectivity index (χ1v) is 7.57. The summed E-state index contributed by atoms with van der Waals surface area (Å²) < 4.78 is 5.12. The third kappa shape index (κ3) is 2.62. The highest BCUT2D eigenvalue weighted by Gasteiger charge is 2.20. The molecule has 0 aromatic carbocycles. The average Bonchev–Trinajstić information content (AvgIpc) is 3.17. The molecule has 1 atom stereocenters. The van der Waals surface area contributed by atoms with Gasteiger partial charge < -0.3 is 9.73 Å². The predicted molar refractivity (Wildman–Crippen MR) is 76.7 cm³/mol. The Balaban J connectivity index is 1.87. The Kier molecular flexibility index (Phi) is 3.48. The van der Waals surface area contributed by atoms with Crippen LogP contribution in [0.2, 0.25) is 0 Å². The Morgan fingerprint density at radius 3 is 2.79 bits per heavy atom. The first kappa shape index (κ1) is 12.2. The third-order valence-corrected chi connectivity index (χ3v) is 4.36. The van der Waals surface area contributed by atoms with Crippen LogP contribution >= 0.6 is 22.7 Å². The van der Waals surface area contributed by atoms with Crippen molar-refractivity contribution in [3.63, 3.8) is 0 Å². The molecule has 1 amide bonds. The molecular weight excluding hydrogens is 278 g/mol. The van der Waals surface area contributed by atoms with E-state index in [0.717, 1.165) is 10.4 Å². The summed E-state index contributed by atoms with van der Waals surface area (Å²) in [4.78, 5) is 13.2. The maximum Gasteiger partial charge on any atom is 0.287 e. The van der Waals surface area contributed by atoms with Crippen LogP contribution in [0.15, 0.2) is 57.2 Å². The Bertz CT molecular complexity index is 593. The summed E-state index contributed by atoms with van der Waals surface area (Å²) in [6.45, 7) is 0. The van der Waals surface area contributed by atoms with Crippen LogP contribution in [0.3, 0.4) is 0 Å². The van der Waals surface area contributed by atoms with Gasteiger partial charge in [0.1, 0.15) is 0 Å². The monoisotopic (exact) mass is 289 g/mol. The van der Waals surface area contributed by atoms with E-state index in [9.17, 15) is 4.79 Å². The van der Waals surface area contributed by atoms with Crippen molar-refractivity contribution in [1.82, 2.24) is 5.32 Å². The maximum absolute atomic E-state index is 12.1. The number of hydrogen-bond acceptors (Lipinski definition) is 4. The van der Waals surface area contributed by atoms with E-state index in [4.69, 9.17) is 4.42 Å². The van der Waals surface area contributed by atoms with Crippen LogP contribution in [0.25, 0.3) is 0 Å². The van der Waals surface area contributed by atoms with Gasteiger partial charge in [-0.25, -0.2) is 0 Å². The fourth-order valence-corrected chi connectivity index (χ4v) is 3.31. The number of amides is 1. The summed E-state index contributed by atoms with van der Waals surface area (Å²) in [7, 11) is 0. The van der Waals surface area contributed by atoms with Gasteiger partial charge in [-0.15, -0.1) is 11.3 Å². The van der Waals surface area contributed by atoms with Crippen LogP contribution in [-0.2, 0) is 0 Å². The number of rotatable bonds is 4. The van der Waals surface area contributed by atoms with Crippen molar-refractivity contribution in [2.45, 2.75) is 6.04 Å². The van der Waals surface area contributed by atoms with Gasteiger partial charge in [0, 0.05) is 4.88 Å². The summed E-state index contributed by atoms with van der Waals surface area (Å²) in [6, 6.07) is 9.28. The third-order valence-electron chi connectivity index (χ3n) is 2.72. The van der Waals surface area contributed by atoms with E-state index in [-0.39, 0.29) is 11.9 Å². The Morgan fingerprint density at radius 1 is 1.21 bits per heavy atom. The van der Waals surface area contributed by atoms with E-state index < -0.39 is 0 Å². The van der Waals surface area contributed by atoms with Crippen molar-refractivity contribution >= 4 is 28.6 Å². The Labute approximate surface area is 118 Å². The Hall–Kier alpha value is -1.85. The van der Waals surface area contributed by atoms with Gasteiger partial charge in [0.05, 0.1) is 12.3 Å². The molecule has 0 fully saturated rings. The summed E-state index contributed by atoms with van der Waals surface area (Å²) >= 11 is 3.25. The standard InChI is InChI=1S/C14H11NO2S2/c16-14(11-3-1-6-17-11)15-13(10-5-8-18-9-10)12-4-2-7-19-12/h1-9,13H,(H,15,16)/t13-/m1/s1. The highest BCUT2D eigenvalue weighted by atomic mass is 32.1. The van der Waals surface area contributed by atoms with Gasteiger partial charge in [0.25, 0.3) is 5.91 Å². The van der Waals surface area contributed by atoms with Crippen LogP contribution in [0.4, 0.5) is 0 Å². The lowest BCUT2D eigenvalue weighted by molar-refractivity contribution is 0.0915. The number of hydrogen-bond donors (Lipinski definition) is 1. The van der Waals surface area contributed by atoms with Crippen LogP contribution in [0, 0.1) is 0 Å². The SMILES string of the molecule is O=C(N[C@H](c1ccsc1)c1cccs1)c1ccco1. The zero-order valence-corrected chi connectivity index (χ0v) is 11.5. The van der Waals surface area contributed by atoms with Crippen LogP contribution in [-0.4, -0.2) is 5.91 Å². The van der Waals surface area contributed by atoms with E-state index in [1.54, 1.807) is 34.8 Å². The molecule has 19 heavy (non-hydrogen) atoms. The zero-order valence-electron chi connectivity index (χ0n) is 9.91. The molecule has 3 aromatic heterocycles. The molecule has 3 aromatic rings. The van der Waals surface area contributed by atoms with Crippen molar-refractivity contribution in [3.05, 3.63) is 68.9 Å². The van der Waals surface area contributed by atoms with Gasteiger partial charge >= 0.3 is 0 Å². The van der Waals surface area contributed by atoms with Gasteiger partial charge in [-0.1, -0.05) is 6.07 Å². The van der Waals surface area contributed by atoms with Crippen LogP contribution in [0.1, 0.15) is 27.0 Å². The topological polar surface area (TPSA) is 42.2 Å². The minimum Gasteiger partial charge on any atom is -0.459 e. The second-order valence-corrected chi connectivity index (χ2v) is 5.72. The first-order valence-electron chi connectivity index (χ1n) is 5.74. The molecule has 0 unspecified atom stereocenters. The van der Waals surface area contributed by atoms with Crippen molar-refractivity contribution < 1.29 is 9.21 Å². The van der Waals surface area contributed by atoms with Crippen molar-refractivity contribution in [2.24, 2.45) is 0 Å². The van der Waals surface area contributed by atoms with Crippen molar-refractivity contribution in [2.75, 3.05) is 0 Å². The molecule has 0 aliphatic heterocycles. The lowest BCUT2D eigenvalue weighted by atomic mass is 10.1. The van der Waals surface area contributed by atoms with Gasteiger partial charge in [-0.2, -0.15) is 11.3 Å². The van der Waals surface area contributed by atoms with E-state index in [1.165, 1.54) is 6.26 Å². The lowest BCUT2D eigenvalue weighted by Gasteiger charge is -2.15. The molecule has 0 aliphatic rings. The highest BCUT2D eigenvalue weighted by Crippen LogP contribution is 2.27. The Morgan fingerprint density at radius 2 is 2.16 bits per heavy atom. The second kappa shape index (κ2) is 5.42. The average molecular weight is 289 g/mol. The maximum atomic E-state index is 12.1. The fraction of sp³-hybridized carbons (Fsp3) is 0.0714. The summed E-state index contributed by atoms with van der Waals surface area (Å²) in [6.07, 6.45) is 1.50. The van der Waals surface area contributed by atoms with E-state index >= 15 is 0 Å². The van der Waals surface area contributed by atoms with Gasteiger partial charge in [0.2, 0.25) is 0 Å². The number of nitrogens with one attached hydrogen (secondary N) is 1. The molecule has 5 heteroatoms. The predicted octanol–water partition coefficient (Wildman–Crippen LogP) is 3.92. The molecule has 0 saturated heterocycles. The number of thiophene rings is 2. The molecule has 3 heterocycles. The number of furan rings is 1. The summed E-state index contributed by atoms with van der Waals surface area (Å²) in [5.41, 5.74) is 1.09. The molecule has 0 radical (unpaired) electrons. The minimum absolute atomic E-state index is 0.121. The molecule has 1 N–H and O–H groups in total. The summed E-state index contributed by atoms with van der Waals surface area (Å²) in [5, 5.41) is 9.07. The molecule has 0 aliphatic carbocycles. The van der Waals surface area contributed by atoms with Crippen LogP contribution < -0.4 is 5.32 Å². The molecule has 0 saturated carbocycles. The molecule has 0 spiro atoms. The largest absolute Gasteiger partial charge is 0.459 e. The number of carbonyl (C=O) groups excluding carboxylic acids is 1. The molecule has 3 nitrogen and oxygen atoms in total. The van der Waals surface area contributed by atoms with Gasteiger partial charge in [0.15, 0.2) is 5.76 Å². The highest BCUT2D eigenvalue weighted by molar-refractivity contribution is 7.10. The first-order chi connectivity index (χ1) is 9.34. The number of carbonyl (C=O) groups is 1. The van der Waals surface area contributed by atoms with E-state index in [1.807, 2.05) is 34.3 Å². The van der Waals surface area contributed by atoms with Crippen molar-refractivity contribution in [1.29, 1.82) is 0 Å². The van der Waals surface area contributed by atoms with Crippen LogP contribution in [0.5, 0.6) is 0 Å². The minimum atomic E-state index is -0.199. The van der Waals surface area contributed by atoms with Crippen molar-refractivity contribution in [3.8, 4) is 0 Å². The smallest absolute Gasteiger partial charge is 0.287 e. The normalized spacial score (nSPS) is 12.2. The lowest BCUT2D eigenvalue weighted by Crippen LogP contribution is -2.28. The zero-order chi connectivity index (χ0) is 13.1. The quantitative estimate of drug-likeness (QED) is 0.791. The second-order valence-electron chi connectivity index (χ2n) is 3.96. The molecule has 96 valence electrons. The molecule has 0 bridgehead atoms. The van der Waals surface area contributed by atoms with E-state index in [2.05, 4.69) is 5.32 Å². The molecular formula is C14H11NO2S2. The van der Waals surface area contributed by atoms with E-state index in [0.29, 0.717) is 5.76 Å². The summed E-state index contributed by atoms with van der Waals surface area (Å²) in [5.74, 6) is 0.131. The molecule has 3 rings (SSSR count). The fourth-order valence-electron chi connectivity index (χ4n) is 1.82. The van der Waals surface area contributed by atoms with Gasteiger partial charge in [-0.3, -0.25) is 4.79 Å².